The van der Waals surface area contributed by atoms with Crippen LogP contribution in [0.1, 0.15) is 44.8 Å². The van der Waals surface area contributed by atoms with Crippen LogP contribution >= 0.6 is 11.3 Å². The lowest BCUT2D eigenvalue weighted by Gasteiger charge is -2.48. The van der Waals surface area contributed by atoms with Gasteiger partial charge in [0.05, 0.1) is 6.54 Å². The molecule has 2 heterocycles. The first-order chi connectivity index (χ1) is 8.71. The Hall–Kier alpha value is -0.940. The Kier molecular flexibility index (Phi) is 3.71. The zero-order valence-electron chi connectivity index (χ0n) is 12.3. The molecule has 0 N–H and O–H groups in total. The van der Waals surface area contributed by atoms with Crippen LogP contribution in [0.15, 0.2) is 5.38 Å². The van der Waals surface area contributed by atoms with E-state index < -0.39 is 11.1 Å². The molecule has 1 atom stereocenters. The molecule has 0 aliphatic carbocycles. The first-order valence-corrected chi connectivity index (χ1v) is 7.48. The topological polar surface area (TPSA) is 42.4 Å². The number of likely N-dealkylation sites (tertiary alicyclic amines) is 1. The van der Waals surface area contributed by atoms with Crippen molar-refractivity contribution in [2.45, 2.75) is 58.7 Å². The maximum atomic E-state index is 12.3. The minimum atomic E-state index is -0.493. The molecule has 1 aliphatic rings. The van der Waals surface area contributed by atoms with Gasteiger partial charge < -0.3 is 4.74 Å². The predicted octanol–water partition coefficient (Wildman–Crippen LogP) is 2.76. The molecule has 1 fully saturated rings. The molecule has 19 heavy (non-hydrogen) atoms. The Balaban J connectivity index is 2.02. The number of carbonyl (C=O) groups excluding carboxylic acids is 1. The van der Waals surface area contributed by atoms with Gasteiger partial charge in [0.25, 0.3) is 0 Å². The van der Waals surface area contributed by atoms with Crippen LogP contribution in [-0.4, -0.2) is 33.5 Å². The summed E-state index contributed by atoms with van der Waals surface area (Å²) in [6, 6.07) is 0. The number of ether oxygens (including phenoxy) is 1. The van der Waals surface area contributed by atoms with Gasteiger partial charge >= 0.3 is 5.97 Å². The van der Waals surface area contributed by atoms with E-state index >= 15 is 0 Å². The molecule has 0 spiro atoms. The van der Waals surface area contributed by atoms with E-state index in [-0.39, 0.29) is 5.97 Å². The Bertz CT molecular complexity index is 478. The highest BCUT2D eigenvalue weighted by atomic mass is 32.1. The van der Waals surface area contributed by atoms with E-state index in [1.807, 2.05) is 40.0 Å². The van der Waals surface area contributed by atoms with Crippen LogP contribution in [0.5, 0.6) is 0 Å². The van der Waals surface area contributed by atoms with Crippen molar-refractivity contribution in [3.05, 3.63) is 16.1 Å². The Morgan fingerprint density at radius 2 is 2.26 bits per heavy atom. The number of rotatable bonds is 3. The SMILES string of the molecule is Cc1csc(CN2CCC2(C)C(=O)OC(C)(C)C)n1. The second kappa shape index (κ2) is 4.87. The highest BCUT2D eigenvalue weighted by Crippen LogP contribution is 2.34. The van der Waals surface area contributed by atoms with Crippen molar-refractivity contribution in [2.75, 3.05) is 6.54 Å². The molecule has 2 rings (SSSR count). The summed E-state index contributed by atoms with van der Waals surface area (Å²) in [6.07, 6.45) is 0.853. The van der Waals surface area contributed by atoms with Crippen molar-refractivity contribution in [1.82, 2.24) is 9.88 Å². The van der Waals surface area contributed by atoms with Crippen molar-refractivity contribution in [3.63, 3.8) is 0 Å². The molecular weight excluding hydrogens is 260 g/mol. The molecule has 0 amide bonds. The maximum absolute atomic E-state index is 12.3. The van der Waals surface area contributed by atoms with E-state index in [4.69, 9.17) is 4.74 Å². The van der Waals surface area contributed by atoms with Gasteiger partial charge in [-0.2, -0.15) is 0 Å². The molecule has 1 aromatic rings. The minimum Gasteiger partial charge on any atom is -0.459 e. The molecule has 1 aliphatic heterocycles. The third kappa shape index (κ3) is 3.15. The summed E-state index contributed by atoms with van der Waals surface area (Å²) in [5.74, 6) is -0.125. The van der Waals surface area contributed by atoms with Crippen LogP contribution in [0.25, 0.3) is 0 Å². The van der Waals surface area contributed by atoms with Gasteiger partial charge in [-0.05, 0) is 41.0 Å². The van der Waals surface area contributed by atoms with E-state index in [9.17, 15) is 4.79 Å². The lowest BCUT2D eigenvalue weighted by Crippen LogP contribution is -2.63. The van der Waals surface area contributed by atoms with Crippen molar-refractivity contribution < 1.29 is 9.53 Å². The van der Waals surface area contributed by atoms with E-state index in [0.717, 1.165) is 30.2 Å². The summed E-state index contributed by atoms with van der Waals surface area (Å²) in [5, 5.41) is 3.10. The number of hydrogen-bond acceptors (Lipinski definition) is 5. The number of aromatic nitrogens is 1. The molecular formula is C14H22N2O2S. The van der Waals surface area contributed by atoms with Crippen LogP contribution in [0.4, 0.5) is 0 Å². The summed E-state index contributed by atoms with van der Waals surface area (Å²) in [7, 11) is 0. The second-order valence-corrected chi connectivity index (χ2v) is 7.27. The molecule has 1 saturated heterocycles. The van der Waals surface area contributed by atoms with Gasteiger partial charge in [-0.3, -0.25) is 9.69 Å². The molecule has 5 heteroatoms. The third-order valence-corrected chi connectivity index (χ3v) is 4.35. The van der Waals surface area contributed by atoms with Crippen molar-refractivity contribution in [1.29, 1.82) is 0 Å². The van der Waals surface area contributed by atoms with Gasteiger partial charge in [-0.25, -0.2) is 4.98 Å². The summed E-state index contributed by atoms with van der Waals surface area (Å²) in [6.45, 7) is 11.3. The summed E-state index contributed by atoms with van der Waals surface area (Å²) < 4.78 is 5.52. The summed E-state index contributed by atoms with van der Waals surface area (Å²) in [5.41, 5.74) is 0.117. The number of aryl methyl sites for hydroxylation is 1. The monoisotopic (exact) mass is 282 g/mol. The molecule has 0 aromatic carbocycles. The molecule has 0 radical (unpaired) electrons. The molecule has 0 saturated carbocycles. The van der Waals surface area contributed by atoms with Crippen molar-refractivity contribution >= 4 is 17.3 Å². The Morgan fingerprint density at radius 1 is 1.58 bits per heavy atom. The average molecular weight is 282 g/mol. The van der Waals surface area contributed by atoms with Crippen LogP contribution < -0.4 is 0 Å². The minimum absolute atomic E-state index is 0.125. The number of esters is 1. The molecule has 106 valence electrons. The lowest BCUT2D eigenvalue weighted by atomic mass is 9.86. The van der Waals surface area contributed by atoms with Gasteiger partial charge in [0.1, 0.15) is 16.1 Å². The standard InChI is InChI=1S/C14H22N2O2S/c1-10-9-19-11(15-10)8-16-7-6-14(16,5)12(17)18-13(2,3)4/h9H,6-8H2,1-5H3. The number of carbonyl (C=O) groups is 1. The van der Waals surface area contributed by atoms with Crippen LogP contribution in [0.3, 0.4) is 0 Å². The number of thiazole rings is 1. The second-order valence-electron chi connectivity index (χ2n) is 6.33. The van der Waals surface area contributed by atoms with Crippen molar-refractivity contribution in [3.8, 4) is 0 Å². The quantitative estimate of drug-likeness (QED) is 0.800. The Labute approximate surface area is 118 Å². The third-order valence-electron chi connectivity index (χ3n) is 3.40. The predicted molar refractivity (Wildman–Crippen MR) is 76.1 cm³/mol. The van der Waals surface area contributed by atoms with Crippen molar-refractivity contribution in [2.24, 2.45) is 0 Å². The lowest BCUT2D eigenvalue weighted by molar-refractivity contribution is -0.178. The van der Waals surface area contributed by atoms with Gasteiger partial charge in [-0.15, -0.1) is 11.3 Å². The molecule has 0 bridgehead atoms. The Morgan fingerprint density at radius 3 is 2.68 bits per heavy atom. The van der Waals surface area contributed by atoms with Gasteiger partial charge in [0.2, 0.25) is 0 Å². The number of hydrogen-bond donors (Lipinski definition) is 0. The fourth-order valence-corrected chi connectivity index (χ4v) is 2.90. The van der Waals surface area contributed by atoms with Crippen LogP contribution in [0.2, 0.25) is 0 Å². The van der Waals surface area contributed by atoms with Gasteiger partial charge in [-0.1, -0.05) is 0 Å². The molecule has 1 unspecified atom stereocenters. The van der Waals surface area contributed by atoms with Gasteiger partial charge in [0.15, 0.2) is 0 Å². The smallest absolute Gasteiger partial charge is 0.326 e. The van der Waals surface area contributed by atoms with E-state index in [1.54, 1.807) is 11.3 Å². The van der Waals surface area contributed by atoms with Crippen LogP contribution in [0, 0.1) is 6.92 Å². The largest absolute Gasteiger partial charge is 0.459 e. The maximum Gasteiger partial charge on any atom is 0.326 e. The van der Waals surface area contributed by atoms with E-state index in [0.29, 0.717) is 0 Å². The first-order valence-electron chi connectivity index (χ1n) is 6.60. The molecule has 1 aromatic heterocycles. The fourth-order valence-electron chi connectivity index (χ4n) is 2.12. The number of nitrogens with zero attached hydrogens (tertiary/aromatic N) is 2. The van der Waals surface area contributed by atoms with Crippen LogP contribution in [-0.2, 0) is 16.1 Å². The normalized spacial score (nSPS) is 24.1. The highest BCUT2D eigenvalue weighted by molar-refractivity contribution is 7.09. The van der Waals surface area contributed by atoms with Gasteiger partial charge in [0, 0.05) is 17.6 Å². The first kappa shape index (κ1) is 14.5. The molecule has 4 nitrogen and oxygen atoms in total. The zero-order valence-corrected chi connectivity index (χ0v) is 13.1. The summed E-state index contributed by atoms with van der Waals surface area (Å²) in [4.78, 5) is 18.9. The highest BCUT2D eigenvalue weighted by Gasteiger charge is 2.49. The summed E-state index contributed by atoms with van der Waals surface area (Å²) >= 11 is 1.65. The average Bonchev–Trinajstić information content (AvgIpc) is 2.67. The van der Waals surface area contributed by atoms with E-state index in [2.05, 4.69) is 9.88 Å². The zero-order chi connectivity index (χ0) is 14.3. The van der Waals surface area contributed by atoms with E-state index in [1.165, 1.54) is 0 Å². The fraction of sp³-hybridized carbons (Fsp3) is 0.714.